The van der Waals surface area contributed by atoms with Gasteiger partial charge >= 0.3 is 6.03 Å². The number of pyridine rings is 2. The van der Waals surface area contributed by atoms with E-state index in [2.05, 4.69) is 15.3 Å². The van der Waals surface area contributed by atoms with Crippen molar-refractivity contribution in [2.45, 2.75) is 20.0 Å². The Morgan fingerprint density at radius 3 is 2.74 bits per heavy atom. The van der Waals surface area contributed by atoms with Crippen LogP contribution in [0.1, 0.15) is 16.7 Å². The molecule has 0 aliphatic heterocycles. The van der Waals surface area contributed by atoms with Gasteiger partial charge in [0, 0.05) is 40.7 Å². The smallest absolute Gasteiger partial charge is 0.322 e. The number of urea groups is 1. The average Bonchev–Trinajstić information content (AvgIpc) is 2.75. The SMILES string of the molecule is Cc1ccc2[nH]c(=O)c(CN(Cc3cccnc3)C(=O)Nc3cccc(Cl)c3)cc2c1. The molecule has 156 valence electrons. The molecule has 6 nitrogen and oxygen atoms in total. The van der Waals surface area contributed by atoms with Crippen molar-refractivity contribution in [2.24, 2.45) is 0 Å². The van der Waals surface area contributed by atoms with Crippen molar-refractivity contribution < 1.29 is 4.79 Å². The van der Waals surface area contributed by atoms with Gasteiger partial charge in [-0.2, -0.15) is 0 Å². The Balaban J connectivity index is 1.65. The molecule has 0 saturated carbocycles. The number of anilines is 1. The Morgan fingerprint density at radius 2 is 1.97 bits per heavy atom. The van der Waals surface area contributed by atoms with E-state index < -0.39 is 0 Å². The standard InChI is InChI=1S/C24H21ClN4O2/c1-16-7-8-22-18(10-16)11-19(23(30)28-22)15-29(14-17-4-3-9-26-13-17)24(31)27-21-6-2-5-20(25)12-21/h2-13H,14-15H2,1H3,(H,27,31)(H,28,30). The normalized spacial score (nSPS) is 10.8. The summed E-state index contributed by atoms with van der Waals surface area (Å²) >= 11 is 6.04. The zero-order valence-corrected chi connectivity index (χ0v) is 17.7. The third-order valence-corrected chi connectivity index (χ3v) is 5.13. The number of hydrogen-bond donors (Lipinski definition) is 2. The number of hydrogen-bond acceptors (Lipinski definition) is 3. The minimum absolute atomic E-state index is 0.139. The molecule has 4 rings (SSSR count). The predicted molar refractivity (Wildman–Crippen MR) is 123 cm³/mol. The van der Waals surface area contributed by atoms with Gasteiger partial charge in [0.05, 0.1) is 6.54 Å². The van der Waals surface area contributed by atoms with Crippen LogP contribution in [0.3, 0.4) is 0 Å². The molecule has 0 atom stereocenters. The Hall–Kier alpha value is -3.64. The fourth-order valence-electron chi connectivity index (χ4n) is 3.37. The van der Waals surface area contributed by atoms with Crippen molar-refractivity contribution in [2.75, 3.05) is 5.32 Å². The lowest BCUT2D eigenvalue weighted by molar-refractivity contribution is 0.206. The maximum Gasteiger partial charge on any atom is 0.322 e. The number of nitrogens with one attached hydrogen (secondary N) is 2. The molecule has 0 saturated heterocycles. The lowest BCUT2D eigenvalue weighted by atomic mass is 10.1. The third kappa shape index (κ3) is 5.10. The van der Waals surface area contributed by atoms with Crippen LogP contribution in [-0.4, -0.2) is 20.9 Å². The Kier molecular flexibility index (Phi) is 6.00. The Morgan fingerprint density at radius 1 is 1.10 bits per heavy atom. The number of benzene rings is 2. The summed E-state index contributed by atoms with van der Waals surface area (Å²) in [6.45, 7) is 2.43. The Labute approximate surface area is 184 Å². The van der Waals surface area contributed by atoms with E-state index in [0.717, 1.165) is 22.0 Å². The van der Waals surface area contributed by atoms with E-state index in [9.17, 15) is 9.59 Å². The van der Waals surface area contributed by atoms with E-state index in [1.807, 2.05) is 43.3 Å². The van der Waals surface area contributed by atoms with E-state index in [0.29, 0.717) is 22.8 Å². The first-order valence-corrected chi connectivity index (χ1v) is 10.2. The molecular formula is C24H21ClN4O2. The predicted octanol–water partition coefficient (Wildman–Crippen LogP) is 5.12. The minimum Gasteiger partial charge on any atom is -0.322 e. The number of H-pyrrole nitrogens is 1. The molecule has 0 bridgehead atoms. The lowest BCUT2D eigenvalue weighted by Crippen LogP contribution is -2.35. The van der Waals surface area contributed by atoms with Crippen molar-refractivity contribution in [1.82, 2.24) is 14.9 Å². The molecule has 0 aliphatic rings. The first kappa shape index (κ1) is 20.6. The van der Waals surface area contributed by atoms with Gasteiger partial charge in [-0.25, -0.2) is 4.79 Å². The fourth-order valence-corrected chi connectivity index (χ4v) is 3.56. The first-order chi connectivity index (χ1) is 15.0. The summed E-state index contributed by atoms with van der Waals surface area (Å²) < 4.78 is 0. The highest BCUT2D eigenvalue weighted by molar-refractivity contribution is 6.30. The van der Waals surface area contributed by atoms with Crippen LogP contribution in [0.2, 0.25) is 5.02 Å². The van der Waals surface area contributed by atoms with E-state index in [-0.39, 0.29) is 18.1 Å². The second-order valence-electron chi connectivity index (χ2n) is 7.37. The second-order valence-corrected chi connectivity index (χ2v) is 7.81. The van der Waals surface area contributed by atoms with E-state index in [1.54, 1.807) is 41.6 Å². The van der Waals surface area contributed by atoms with Gasteiger partial charge in [0.15, 0.2) is 0 Å². The molecule has 2 heterocycles. The van der Waals surface area contributed by atoms with Crippen LogP contribution in [0.5, 0.6) is 0 Å². The van der Waals surface area contributed by atoms with Gasteiger partial charge in [0.2, 0.25) is 0 Å². The lowest BCUT2D eigenvalue weighted by Gasteiger charge is -2.23. The Bertz CT molecular complexity index is 1290. The second kappa shape index (κ2) is 9.02. The number of rotatable bonds is 5. The molecule has 4 aromatic rings. The zero-order chi connectivity index (χ0) is 21.8. The largest absolute Gasteiger partial charge is 0.322 e. The summed E-state index contributed by atoms with van der Waals surface area (Å²) in [6.07, 6.45) is 3.38. The number of carbonyl (C=O) groups is 1. The van der Waals surface area contributed by atoms with Crippen molar-refractivity contribution >= 4 is 34.2 Å². The zero-order valence-electron chi connectivity index (χ0n) is 16.9. The maximum absolute atomic E-state index is 13.1. The van der Waals surface area contributed by atoms with Crippen molar-refractivity contribution in [3.63, 3.8) is 0 Å². The van der Waals surface area contributed by atoms with E-state index in [1.165, 1.54) is 0 Å². The molecule has 0 unspecified atom stereocenters. The number of aromatic amines is 1. The van der Waals surface area contributed by atoms with E-state index in [4.69, 9.17) is 11.6 Å². The van der Waals surface area contributed by atoms with Crippen LogP contribution in [0.4, 0.5) is 10.5 Å². The van der Waals surface area contributed by atoms with Gasteiger partial charge in [0.25, 0.3) is 5.56 Å². The summed E-state index contributed by atoms with van der Waals surface area (Å²) in [5, 5.41) is 4.31. The van der Waals surface area contributed by atoms with Crippen LogP contribution in [0.25, 0.3) is 10.9 Å². The highest BCUT2D eigenvalue weighted by Gasteiger charge is 2.17. The maximum atomic E-state index is 13.1. The topological polar surface area (TPSA) is 78.1 Å². The molecule has 2 amide bonds. The quantitative estimate of drug-likeness (QED) is 0.459. The first-order valence-electron chi connectivity index (χ1n) is 9.81. The van der Waals surface area contributed by atoms with Crippen molar-refractivity contribution in [1.29, 1.82) is 0 Å². The number of nitrogens with zero attached hydrogens (tertiary/aromatic N) is 2. The molecular weight excluding hydrogens is 412 g/mol. The molecule has 2 N–H and O–H groups in total. The minimum atomic E-state index is -0.338. The molecule has 7 heteroatoms. The molecule has 2 aromatic carbocycles. The third-order valence-electron chi connectivity index (χ3n) is 4.90. The molecule has 0 aliphatic carbocycles. The van der Waals surface area contributed by atoms with Crippen LogP contribution in [-0.2, 0) is 13.1 Å². The van der Waals surface area contributed by atoms with Gasteiger partial charge < -0.3 is 15.2 Å². The number of aromatic nitrogens is 2. The van der Waals surface area contributed by atoms with Crippen LogP contribution in [0, 0.1) is 6.92 Å². The van der Waals surface area contributed by atoms with Crippen LogP contribution >= 0.6 is 11.6 Å². The van der Waals surface area contributed by atoms with E-state index >= 15 is 0 Å². The monoisotopic (exact) mass is 432 g/mol. The molecule has 0 radical (unpaired) electrons. The number of fused-ring (bicyclic) bond motifs is 1. The average molecular weight is 433 g/mol. The summed E-state index contributed by atoms with van der Waals surface area (Å²) in [5.41, 5.74) is 3.58. The number of amides is 2. The number of aryl methyl sites for hydroxylation is 1. The summed E-state index contributed by atoms with van der Waals surface area (Å²) in [7, 11) is 0. The highest BCUT2D eigenvalue weighted by Crippen LogP contribution is 2.18. The molecule has 0 spiro atoms. The molecule has 2 aromatic heterocycles. The molecule has 0 fully saturated rings. The number of carbonyl (C=O) groups excluding carboxylic acids is 1. The van der Waals surface area contributed by atoms with Crippen molar-refractivity contribution in [3.05, 3.63) is 105 Å². The van der Waals surface area contributed by atoms with Gasteiger partial charge in [-0.1, -0.05) is 35.4 Å². The summed E-state index contributed by atoms with van der Waals surface area (Å²) in [4.78, 5) is 34.4. The van der Waals surface area contributed by atoms with Crippen molar-refractivity contribution in [3.8, 4) is 0 Å². The van der Waals surface area contributed by atoms with Gasteiger partial charge in [0.1, 0.15) is 0 Å². The highest BCUT2D eigenvalue weighted by atomic mass is 35.5. The van der Waals surface area contributed by atoms with Gasteiger partial charge in [-0.3, -0.25) is 9.78 Å². The van der Waals surface area contributed by atoms with Gasteiger partial charge in [-0.15, -0.1) is 0 Å². The number of halogens is 1. The van der Waals surface area contributed by atoms with Crippen LogP contribution in [0.15, 0.2) is 77.9 Å². The summed E-state index contributed by atoms with van der Waals surface area (Å²) in [5.74, 6) is 0. The summed E-state index contributed by atoms with van der Waals surface area (Å²) in [6, 6.07) is 18.0. The van der Waals surface area contributed by atoms with Gasteiger partial charge in [-0.05, 0) is 60.3 Å². The molecule has 31 heavy (non-hydrogen) atoms. The van der Waals surface area contributed by atoms with Crippen LogP contribution < -0.4 is 10.9 Å². The fraction of sp³-hybridized carbons (Fsp3) is 0.125.